The number of benzene rings is 2. The molecule has 3 saturated heterocycles. The second kappa shape index (κ2) is 14.2. The number of aryl methyl sites for hydroxylation is 1. The molecule has 3 heterocycles. The maximum absolute atomic E-state index is 15.3. The molecule has 46 heavy (non-hydrogen) atoms. The van der Waals surface area contributed by atoms with Crippen LogP contribution in [0.2, 0.25) is 5.02 Å². The maximum atomic E-state index is 15.3. The van der Waals surface area contributed by atoms with Crippen molar-refractivity contribution in [3.05, 3.63) is 69.5 Å². The first kappa shape index (κ1) is 34.7. The Morgan fingerprint density at radius 3 is 2.39 bits per heavy atom. The third kappa shape index (κ3) is 7.72. The molecule has 0 bridgehead atoms. The Morgan fingerprint density at radius 2 is 1.74 bits per heavy atom. The van der Waals surface area contributed by atoms with Crippen molar-refractivity contribution in [2.24, 2.45) is 5.92 Å². The molecule has 0 radical (unpaired) electrons. The lowest BCUT2D eigenvalue weighted by atomic mass is 9.87. The smallest absolute Gasteiger partial charge is 0.324 e. The van der Waals surface area contributed by atoms with Crippen molar-refractivity contribution >= 4 is 23.5 Å². The van der Waals surface area contributed by atoms with Crippen molar-refractivity contribution in [3.8, 4) is 0 Å². The van der Waals surface area contributed by atoms with E-state index < -0.39 is 41.0 Å². The molecule has 4 atom stereocenters. The summed E-state index contributed by atoms with van der Waals surface area (Å²) in [5.74, 6) is -3.69. The molecule has 0 spiro atoms. The molecular formula is C35H45ClF3N3O4. The van der Waals surface area contributed by atoms with Gasteiger partial charge >= 0.3 is 5.97 Å². The van der Waals surface area contributed by atoms with E-state index in [0.29, 0.717) is 56.5 Å². The first-order chi connectivity index (χ1) is 21.7. The van der Waals surface area contributed by atoms with Gasteiger partial charge in [-0.25, -0.2) is 13.2 Å². The van der Waals surface area contributed by atoms with E-state index in [1.54, 1.807) is 32.9 Å². The summed E-state index contributed by atoms with van der Waals surface area (Å²) in [6, 6.07) is 6.77. The Hall–Kier alpha value is -2.66. The van der Waals surface area contributed by atoms with E-state index in [1.807, 2.05) is 16.7 Å². The second-order valence-corrected chi connectivity index (χ2v) is 14.4. The average molecular weight is 664 g/mol. The van der Waals surface area contributed by atoms with Crippen molar-refractivity contribution in [2.45, 2.75) is 83.5 Å². The Kier molecular flexibility index (Phi) is 10.7. The van der Waals surface area contributed by atoms with Crippen LogP contribution in [0.3, 0.4) is 0 Å². The lowest BCUT2D eigenvalue weighted by Gasteiger charge is -2.44. The summed E-state index contributed by atoms with van der Waals surface area (Å²) in [5, 5.41) is 0.306. The van der Waals surface area contributed by atoms with Crippen molar-refractivity contribution in [1.82, 2.24) is 14.7 Å². The average Bonchev–Trinajstić information content (AvgIpc) is 3.44. The number of amides is 1. The molecule has 3 aliphatic heterocycles. The third-order valence-electron chi connectivity index (χ3n) is 9.56. The number of hydrogen-bond acceptors (Lipinski definition) is 6. The quantitative estimate of drug-likeness (QED) is 0.352. The van der Waals surface area contributed by atoms with Gasteiger partial charge in [0.2, 0.25) is 5.91 Å². The van der Waals surface area contributed by atoms with E-state index in [0.717, 1.165) is 12.8 Å². The molecule has 0 aromatic heterocycles. The molecule has 11 heteroatoms. The van der Waals surface area contributed by atoms with Gasteiger partial charge in [0, 0.05) is 75.4 Å². The summed E-state index contributed by atoms with van der Waals surface area (Å²) >= 11 is 6.07. The zero-order valence-electron chi connectivity index (χ0n) is 27.3. The minimum atomic E-state index is -0.966. The summed E-state index contributed by atoms with van der Waals surface area (Å²) in [7, 11) is 0. The number of halogens is 4. The Bertz CT molecular complexity index is 1430. The molecule has 7 nitrogen and oxygen atoms in total. The van der Waals surface area contributed by atoms with Gasteiger partial charge in [0.15, 0.2) is 11.6 Å². The summed E-state index contributed by atoms with van der Waals surface area (Å²) in [5.41, 5.74) is -0.00596. The normalized spacial score (nSPS) is 24.3. The van der Waals surface area contributed by atoms with Crippen LogP contribution in [0.4, 0.5) is 13.2 Å². The number of ether oxygens (including phenoxy) is 2. The van der Waals surface area contributed by atoms with Gasteiger partial charge in [-0.1, -0.05) is 29.8 Å². The largest absolute Gasteiger partial charge is 0.459 e. The van der Waals surface area contributed by atoms with Crippen LogP contribution in [-0.4, -0.2) is 96.2 Å². The lowest BCUT2D eigenvalue weighted by molar-refractivity contribution is -0.163. The van der Waals surface area contributed by atoms with Crippen molar-refractivity contribution in [2.75, 3.05) is 45.9 Å². The van der Waals surface area contributed by atoms with E-state index in [1.165, 1.54) is 25.1 Å². The van der Waals surface area contributed by atoms with E-state index in [-0.39, 0.29) is 41.5 Å². The van der Waals surface area contributed by atoms with Crippen molar-refractivity contribution < 1.29 is 32.2 Å². The molecule has 5 rings (SSSR count). The van der Waals surface area contributed by atoms with Gasteiger partial charge < -0.3 is 14.4 Å². The van der Waals surface area contributed by atoms with Gasteiger partial charge in [-0.05, 0) is 76.3 Å². The molecule has 3 aliphatic rings. The standard InChI is InChI=1S/C35H45ClF3N3O4/c1-21-6-7-23(32(39)31(21)38)16-30(34(44)46-35(3,4)5)40-12-13-42(22(2)18-40)33(43)28-20-41(25-10-14-45-15-11-25)19-27(28)26-9-8-24(36)17-29(26)37/h6-9,17,22,25,27-28,30H,10-16,18-20H2,1-5H3/t22-,27-,28+,30-/m0/s1. The minimum absolute atomic E-state index is 0.0541. The fourth-order valence-electron chi connectivity index (χ4n) is 7.14. The number of hydrogen-bond donors (Lipinski definition) is 0. The van der Waals surface area contributed by atoms with E-state index in [2.05, 4.69) is 4.90 Å². The number of likely N-dealkylation sites (tertiary alicyclic amines) is 1. The first-order valence-electron chi connectivity index (χ1n) is 16.2. The summed E-state index contributed by atoms with van der Waals surface area (Å²) in [6.07, 6.45) is 1.66. The fraction of sp³-hybridized carbons (Fsp3) is 0.600. The third-order valence-corrected chi connectivity index (χ3v) is 9.80. The number of carbonyl (C=O) groups is 2. The van der Waals surface area contributed by atoms with Gasteiger partial charge in [0.25, 0.3) is 0 Å². The van der Waals surface area contributed by atoms with Gasteiger partial charge in [-0.15, -0.1) is 0 Å². The van der Waals surface area contributed by atoms with Gasteiger partial charge in [0.05, 0.1) is 5.92 Å². The molecule has 252 valence electrons. The molecule has 2 aromatic carbocycles. The van der Waals surface area contributed by atoms with Gasteiger partial charge in [-0.2, -0.15) is 0 Å². The molecule has 0 unspecified atom stereocenters. The van der Waals surface area contributed by atoms with Crippen LogP contribution in [0.15, 0.2) is 30.3 Å². The number of carbonyl (C=O) groups excluding carboxylic acids is 2. The molecule has 3 fully saturated rings. The predicted octanol–water partition coefficient (Wildman–Crippen LogP) is 5.75. The van der Waals surface area contributed by atoms with E-state index >= 15 is 4.39 Å². The Balaban J connectivity index is 1.36. The van der Waals surface area contributed by atoms with Crippen LogP contribution in [-0.2, 0) is 25.5 Å². The highest BCUT2D eigenvalue weighted by Gasteiger charge is 2.46. The predicted molar refractivity (Wildman–Crippen MR) is 170 cm³/mol. The molecule has 0 saturated carbocycles. The van der Waals surface area contributed by atoms with Crippen LogP contribution in [0.5, 0.6) is 0 Å². The highest BCUT2D eigenvalue weighted by Crippen LogP contribution is 2.39. The number of piperazine rings is 1. The van der Waals surface area contributed by atoms with Crippen LogP contribution >= 0.6 is 11.6 Å². The van der Waals surface area contributed by atoms with Crippen molar-refractivity contribution in [1.29, 1.82) is 0 Å². The maximum Gasteiger partial charge on any atom is 0.324 e. The molecule has 0 aliphatic carbocycles. The van der Waals surface area contributed by atoms with Gasteiger partial charge in [-0.3, -0.25) is 19.4 Å². The first-order valence-corrected chi connectivity index (χ1v) is 16.6. The number of nitrogens with zero attached hydrogens (tertiary/aromatic N) is 3. The summed E-state index contributed by atoms with van der Waals surface area (Å²) < 4.78 is 56.0. The Morgan fingerprint density at radius 1 is 1.02 bits per heavy atom. The summed E-state index contributed by atoms with van der Waals surface area (Å²) in [4.78, 5) is 33.8. The SMILES string of the molecule is Cc1ccc(C[C@@H](C(=O)OC(C)(C)C)N2CCN(C(=O)[C@@H]3CN(C4CCOCC4)C[C@H]3c3ccc(Cl)cc3F)[C@@H](C)C2)c(F)c1F. The molecule has 2 aromatic rings. The molecule has 0 N–H and O–H groups in total. The van der Waals surface area contributed by atoms with Crippen LogP contribution < -0.4 is 0 Å². The second-order valence-electron chi connectivity index (χ2n) is 14.0. The van der Waals surface area contributed by atoms with Crippen molar-refractivity contribution in [3.63, 3.8) is 0 Å². The Labute approximate surface area is 274 Å². The number of rotatable bonds is 7. The van der Waals surface area contributed by atoms with Crippen LogP contribution in [0, 0.1) is 30.3 Å². The van der Waals surface area contributed by atoms with E-state index in [9.17, 15) is 18.4 Å². The topological polar surface area (TPSA) is 62.3 Å². The van der Waals surface area contributed by atoms with Crippen LogP contribution in [0.25, 0.3) is 0 Å². The molecular weight excluding hydrogens is 619 g/mol. The monoisotopic (exact) mass is 663 g/mol. The molecule has 1 amide bonds. The highest BCUT2D eigenvalue weighted by molar-refractivity contribution is 6.30. The summed E-state index contributed by atoms with van der Waals surface area (Å²) in [6.45, 7) is 12.1. The zero-order valence-corrected chi connectivity index (χ0v) is 28.1. The number of esters is 1. The minimum Gasteiger partial charge on any atom is -0.459 e. The van der Waals surface area contributed by atoms with Gasteiger partial charge in [0.1, 0.15) is 17.5 Å². The van der Waals surface area contributed by atoms with E-state index in [4.69, 9.17) is 21.1 Å². The lowest BCUT2D eigenvalue weighted by Crippen LogP contribution is -2.60. The van der Waals surface area contributed by atoms with Crippen LogP contribution in [0.1, 0.15) is 63.1 Å². The fourth-order valence-corrected chi connectivity index (χ4v) is 7.30. The zero-order chi connectivity index (χ0) is 33.3. The highest BCUT2D eigenvalue weighted by atomic mass is 35.5.